The minimum Gasteiger partial charge on any atom is -0.450 e. The standard InChI is InChI=1S/C20H19NO4/c1-20(2,3)25-19(23)21-16-14-11-7-8-12-15(14)24-18(16)17(22)13-9-5-4-6-10-13/h4-12H,1-3H3,(H,21,23). The quantitative estimate of drug-likeness (QED) is 0.682. The molecule has 2 aromatic carbocycles. The zero-order valence-corrected chi connectivity index (χ0v) is 14.3. The summed E-state index contributed by atoms with van der Waals surface area (Å²) >= 11 is 0. The molecule has 3 aromatic rings. The first kappa shape index (κ1) is 16.8. The van der Waals surface area contributed by atoms with Gasteiger partial charge in [0.05, 0.1) is 0 Å². The van der Waals surface area contributed by atoms with Crippen molar-refractivity contribution >= 4 is 28.5 Å². The predicted octanol–water partition coefficient (Wildman–Crippen LogP) is 5.01. The van der Waals surface area contributed by atoms with Crippen LogP contribution in [0.15, 0.2) is 59.0 Å². The molecule has 0 radical (unpaired) electrons. The summed E-state index contributed by atoms with van der Waals surface area (Å²) in [5.74, 6) is -0.221. The van der Waals surface area contributed by atoms with Crippen molar-refractivity contribution in [1.29, 1.82) is 0 Å². The molecule has 3 rings (SSSR count). The topological polar surface area (TPSA) is 68.5 Å². The molecular formula is C20H19NO4. The summed E-state index contributed by atoms with van der Waals surface area (Å²) in [6, 6.07) is 15.9. The zero-order valence-electron chi connectivity index (χ0n) is 14.3. The van der Waals surface area contributed by atoms with Crippen LogP contribution in [0.2, 0.25) is 0 Å². The van der Waals surface area contributed by atoms with Gasteiger partial charge in [-0.25, -0.2) is 4.79 Å². The highest BCUT2D eigenvalue weighted by Crippen LogP contribution is 2.32. The van der Waals surface area contributed by atoms with Crippen LogP contribution in [0.5, 0.6) is 0 Å². The fourth-order valence-corrected chi connectivity index (χ4v) is 2.46. The predicted molar refractivity (Wildman–Crippen MR) is 95.9 cm³/mol. The Hall–Kier alpha value is -3.08. The zero-order chi connectivity index (χ0) is 18.0. The second kappa shape index (κ2) is 6.43. The van der Waals surface area contributed by atoms with Crippen LogP contribution < -0.4 is 5.32 Å². The number of para-hydroxylation sites is 1. The normalized spacial score (nSPS) is 11.3. The molecule has 0 aliphatic rings. The molecule has 1 aromatic heterocycles. The van der Waals surface area contributed by atoms with Gasteiger partial charge in [-0.1, -0.05) is 42.5 Å². The van der Waals surface area contributed by atoms with Crippen molar-refractivity contribution in [1.82, 2.24) is 0 Å². The molecule has 0 saturated carbocycles. The molecule has 0 spiro atoms. The van der Waals surface area contributed by atoms with Gasteiger partial charge in [0.1, 0.15) is 16.9 Å². The second-order valence-electron chi connectivity index (χ2n) is 6.62. The van der Waals surface area contributed by atoms with E-state index in [1.165, 1.54) is 0 Å². The molecular weight excluding hydrogens is 318 g/mol. The number of rotatable bonds is 3. The molecule has 0 unspecified atom stereocenters. The highest BCUT2D eigenvalue weighted by Gasteiger charge is 2.25. The number of amides is 1. The van der Waals surface area contributed by atoms with E-state index in [0.29, 0.717) is 22.2 Å². The third-order valence-corrected chi connectivity index (χ3v) is 3.46. The Bertz CT molecular complexity index is 920. The average Bonchev–Trinajstić information content (AvgIpc) is 2.92. The van der Waals surface area contributed by atoms with Gasteiger partial charge >= 0.3 is 6.09 Å². The average molecular weight is 337 g/mol. The number of nitrogens with one attached hydrogen (secondary N) is 1. The molecule has 5 nitrogen and oxygen atoms in total. The fraction of sp³-hybridized carbons (Fsp3) is 0.200. The summed E-state index contributed by atoms with van der Waals surface area (Å²) in [5, 5.41) is 3.31. The largest absolute Gasteiger partial charge is 0.450 e. The number of carbonyl (C=O) groups is 2. The van der Waals surface area contributed by atoms with E-state index < -0.39 is 11.7 Å². The first-order chi connectivity index (χ1) is 11.8. The molecule has 0 aliphatic carbocycles. The van der Waals surface area contributed by atoms with Gasteiger partial charge in [-0.3, -0.25) is 10.1 Å². The third kappa shape index (κ3) is 3.71. The number of benzene rings is 2. The minimum absolute atomic E-state index is 0.0817. The molecule has 0 aliphatic heterocycles. The Morgan fingerprint density at radius 2 is 1.60 bits per heavy atom. The van der Waals surface area contributed by atoms with E-state index in [4.69, 9.17) is 9.15 Å². The molecule has 5 heteroatoms. The smallest absolute Gasteiger partial charge is 0.412 e. The van der Waals surface area contributed by atoms with Crippen LogP contribution in [0, 0.1) is 0 Å². The van der Waals surface area contributed by atoms with Crippen molar-refractivity contribution < 1.29 is 18.7 Å². The first-order valence-corrected chi connectivity index (χ1v) is 7.96. The lowest BCUT2D eigenvalue weighted by molar-refractivity contribution is 0.0636. The number of ketones is 1. The van der Waals surface area contributed by atoms with Crippen molar-refractivity contribution in [3.63, 3.8) is 0 Å². The highest BCUT2D eigenvalue weighted by atomic mass is 16.6. The van der Waals surface area contributed by atoms with E-state index in [1.54, 1.807) is 63.2 Å². The van der Waals surface area contributed by atoms with Gasteiger partial charge in [0, 0.05) is 10.9 Å². The van der Waals surface area contributed by atoms with E-state index in [1.807, 2.05) is 12.1 Å². The molecule has 128 valence electrons. The van der Waals surface area contributed by atoms with Crippen LogP contribution in [-0.4, -0.2) is 17.5 Å². The van der Waals surface area contributed by atoms with Crippen LogP contribution in [0.4, 0.5) is 10.5 Å². The van der Waals surface area contributed by atoms with Gasteiger partial charge in [0.25, 0.3) is 0 Å². The molecule has 25 heavy (non-hydrogen) atoms. The van der Waals surface area contributed by atoms with Gasteiger partial charge < -0.3 is 9.15 Å². The summed E-state index contributed by atoms with van der Waals surface area (Å²) in [6.45, 7) is 5.32. The third-order valence-electron chi connectivity index (χ3n) is 3.46. The number of ether oxygens (including phenoxy) is 1. The number of fused-ring (bicyclic) bond motifs is 1. The molecule has 0 atom stereocenters. The maximum absolute atomic E-state index is 12.8. The summed E-state index contributed by atoms with van der Waals surface area (Å²) < 4.78 is 11.0. The van der Waals surface area contributed by atoms with Crippen LogP contribution >= 0.6 is 0 Å². The lowest BCUT2D eigenvalue weighted by atomic mass is 10.1. The SMILES string of the molecule is CC(C)(C)OC(=O)Nc1c(C(=O)c2ccccc2)oc2ccccc12. The van der Waals surface area contributed by atoms with Crippen molar-refractivity contribution in [3.8, 4) is 0 Å². The number of hydrogen-bond donors (Lipinski definition) is 1. The highest BCUT2D eigenvalue weighted by molar-refractivity contribution is 6.16. The van der Waals surface area contributed by atoms with Crippen LogP contribution in [0.3, 0.4) is 0 Å². The van der Waals surface area contributed by atoms with Gasteiger partial charge in [0.2, 0.25) is 5.78 Å². The Labute approximate surface area is 145 Å². The fourth-order valence-electron chi connectivity index (χ4n) is 2.46. The van der Waals surface area contributed by atoms with Crippen molar-refractivity contribution in [2.75, 3.05) is 5.32 Å². The van der Waals surface area contributed by atoms with E-state index in [9.17, 15) is 9.59 Å². The van der Waals surface area contributed by atoms with Crippen LogP contribution in [-0.2, 0) is 4.74 Å². The number of hydrogen-bond acceptors (Lipinski definition) is 4. The monoisotopic (exact) mass is 337 g/mol. The van der Waals surface area contributed by atoms with Crippen molar-refractivity contribution in [2.45, 2.75) is 26.4 Å². The van der Waals surface area contributed by atoms with E-state index in [0.717, 1.165) is 0 Å². The molecule has 1 heterocycles. The van der Waals surface area contributed by atoms with Crippen molar-refractivity contribution in [2.24, 2.45) is 0 Å². The minimum atomic E-state index is -0.646. The Kier molecular flexibility index (Phi) is 4.31. The molecule has 1 amide bonds. The summed E-state index contributed by atoms with van der Waals surface area (Å²) in [5.41, 5.74) is 0.674. The lowest BCUT2D eigenvalue weighted by Crippen LogP contribution is -2.27. The number of anilines is 1. The number of furan rings is 1. The van der Waals surface area contributed by atoms with Crippen LogP contribution in [0.1, 0.15) is 36.9 Å². The van der Waals surface area contributed by atoms with Crippen molar-refractivity contribution in [3.05, 3.63) is 65.9 Å². The van der Waals surface area contributed by atoms with E-state index in [2.05, 4.69) is 5.32 Å². The van der Waals surface area contributed by atoms with Gasteiger partial charge in [-0.15, -0.1) is 0 Å². The molecule has 0 bridgehead atoms. The van der Waals surface area contributed by atoms with Gasteiger partial charge in [-0.2, -0.15) is 0 Å². The van der Waals surface area contributed by atoms with Gasteiger partial charge in [-0.05, 0) is 32.9 Å². The van der Waals surface area contributed by atoms with E-state index in [-0.39, 0.29) is 11.5 Å². The van der Waals surface area contributed by atoms with E-state index >= 15 is 0 Å². The lowest BCUT2D eigenvalue weighted by Gasteiger charge is -2.19. The molecule has 1 N–H and O–H groups in total. The Balaban J connectivity index is 2.03. The van der Waals surface area contributed by atoms with Gasteiger partial charge in [0.15, 0.2) is 5.76 Å². The summed E-state index contributed by atoms with van der Waals surface area (Å²) in [6.07, 6.45) is -0.638. The second-order valence-corrected chi connectivity index (χ2v) is 6.62. The maximum atomic E-state index is 12.8. The summed E-state index contributed by atoms with van der Waals surface area (Å²) in [7, 11) is 0. The van der Waals surface area contributed by atoms with Crippen LogP contribution in [0.25, 0.3) is 11.0 Å². The molecule has 0 fully saturated rings. The Morgan fingerprint density at radius 3 is 2.28 bits per heavy atom. The Morgan fingerprint density at radius 1 is 0.960 bits per heavy atom. The number of carbonyl (C=O) groups excluding carboxylic acids is 2. The maximum Gasteiger partial charge on any atom is 0.412 e. The summed E-state index contributed by atoms with van der Waals surface area (Å²) in [4.78, 5) is 25.0. The first-order valence-electron chi connectivity index (χ1n) is 7.96. The molecule has 0 saturated heterocycles.